The van der Waals surface area contributed by atoms with E-state index in [9.17, 15) is 13.2 Å². The molecule has 0 saturated carbocycles. The van der Waals surface area contributed by atoms with Gasteiger partial charge in [-0.05, 0) is 19.9 Å². The zero-order valence-corrected chi connectivity index (χ0v) is 15.6. The van der Waals surface area contributed by atoms with Crippen LogP contribution in [0.5, 0.6) is 0 Å². The number of hydrogen-bond donors (Lipinski definition) is 1. The third-order valence-electron chi connectivity index (χ3n) is 4.10. The minimum Gasteiger partial charge on any atom is -0.475 e. The Labute approximate surface area is 160 Å². The number of alkyl halides is 3. The smallest absolute Gasteiger partial charge is 0.475 e. The van der Waals surface area contributed by atoms with Crippen LogP contribution < -0.4 is 4.90 Å². The van der Waals surface area contributed by atoms with Crippen LogP contribution in [0.1, 0.15) is 31.0 Å². The first kappa shape index (κ1) is 21.6. The Balaban J connectivity index is 0.000000345. The molecule has 3 heterocycles. The molecule has 3 rings (SSSR count). The fourth-order valence-corrected chi connectivity index (χ4v) is 2.94. The maximum atomic E-state index is 10.6. The molecule has 0 aromatic carbocycles. The van der Waals surface area contributed by atoms with E-state index in [1.165, 1.54) is 11.3 Å². The number of aromatic nitrogens is 4. The van der Waals surface area contributed by atoms with Crippen LogP contribution in [0.3, 0.4) is 0 Å². The monoisotopic (exact) mass is 401 g/mol. The Kier molecular flexibility index (Phi) is 7.32. The van der Waals surface area contributed by atoms with Gasteiger partial charge in [-0.2, -0.15) is 18.3 Å². The molecule has 28 heavy (non-hydrogen) atoms. The highest BCUT2D eigenvalue weighted by molar-refractivity contribution is 5.73. The highest BCUT2D eigenvalue weighted by Crippen LogP contribution is 2.30. The highest BCUT2D eigenvalue weighted by Gasteiger charge is 2.38. The van der Waals surface area contributed by atoms with Gasteiger partial charge in [0.05, 0.1) is 18.5 Å². The van der Waals surface area contributed by atoms with E-state index in [0.717, 1.165) is 38.7 Å². The normalized spacial score (nSPS) is 16.2. The first-order valence-corrected chi connectivity index (χ1v) is 8.71. The number of nitrogens with zero attached hydrogens (tertiary/aromatic N) is 5. The maximum Gasteiger partial charge on any atom is 0.490 e. The molecule has 2 aromatic rings. The van der Waals surface area contributed by atoms with Gasteiger partial charge >= 0.3 is 12.1 Å². The number of carbonyl (C=O) groups is 1. The van der Waals surface area contributed by atoms with Crippen molar-refractivity contribution in [2.45, 2.75) is 39.0 Å². The SMILES string of the molecule is CCOCC1CN(c2ccncn2)Cc2cnn(CC)c21.O=C(O)C(F)(F)F. The maximum absolute atomic E-state index is 10.6. The summed E-state index contributed by atoms with van der Waals surface area (Å²) in [6.07, 6.45) is 0.272. The van der Waals surface area contributed by atoms with Crippen molar-refractivity contribution in [3.8, 4) is 0 Å². The molecule has 1 aliphatic heterocycles. The fourth-order valence-electron chi connectivity index (χ4n) is 2.94. The summed E-state index contributed by atoms with van der Waals surface area (Å²) in [5.41, 5.74) is 2.59. The molecule has 0 saturated heterocycles. The summed E-state index contributed by atoms with van der Waals surface area (Å²) in [7, 11) is 0. The van der Waals surface area contributed by atoms with Crippen molar-refractivity contribution >= 4 is 11.8 Å². The zero-order valence-electron chi connectivity index (χ0n) is 15.6. The van der Waals surface area contributed by atoms with E-state index >= 15 is 0 Å². The van der Waals surface area contributed by atoms with Gasteiger partial charge in [-0.3, -0.25) is 4.68 Å². The van der Waals surface area contributed by atoms with Gasteiger partial charge < -0.3 is 14.7 Å². The van der Waals surface area contributed by atoms with Crippen LogP contribution >= 0.6 is 0 Å². The van der Waals surface area contributed by atoms with Crippen molar-refractivity contribution in [1.82, 2.24) is 19.7 Å². The predicted molar refractivity (Wildman–Crippen MR) is 93.9 cm³/mol. The summed E-state index contributed by atoms with van der Waals surface area (Å²) in [6, 6.07) is 1.95. The molecule has 0 bridgehead atoms. The first-order valence-electron chi connectivity index (χ1n) is 8.71. The number of carboxylic acids is 1. The molecule has 0 aliphatic carbocycles. The lowest BCUT2D eigenvalue weighted by atomic mass is 9.97. The zero-order chi connectivity index (χ0) is 20.7. The summed E-state index contributed by atoms with van der Waals surface area (Å²) in [4.78, 5) is 19.5. The molecule has 1 unspecified atom stereocenters. The first-order chi connectivity index (χ1) is 13.3. The second-order valence-corrected chi connectivity index (χ2v) is 5.98. The van der Waals surface area contributed by atoms with E-state index in [1.807, 2.05) is 19.2 Å². The highest BCUT2D eigenvalue weighted by atomic mass is 19.4. The molecule has 1 atom stereocenters. The molecule has 2 aromatic heterocycles. The second kappa shape index (κ2) is 9.49. The number of aryl methyl sites for hydroxylation is 1. The van der Waals surface area contributed by atoms with Crippen LogP contribution in [0.4, 0.5) is 19.0 Å². The summed E-state index contributed by atoms with van der Waals surface area (Å²) >= 11 is 0. The number of aliphatic carboxylic acids is 1. The summed E-state index contributed by atoms with van der Waals surface area (Å²) < 4.78 is 39.5. The summed E-state index contributed by atoms with van der Waals surface area (Å²) in [5, 5.41) is 11.6. The van der Waals surface area contributed by atoms with Crippen LogP contribution in [0.25, 0.3) is 0 Å². The van der Waals surface area contributed by atoms with Crippen LogP contribution in [0.2, 0.25) is 0 Å². The Morgan fingerprint density at radius 2 is 2.11 bits per heavy atom. The predicted octanol–water partition coefficient (Wildman–Crippen LogP) is 2.47. The van der Waals surface area contributed by atoms with Gasteiger partial charge in [0.25, 0.3) is 0 Å². The lowest BCUT2D eigenvalue weighted by molar-refractivity contribution is -0.192. The number of rotatable bonds is 5. The molecule has 11 heteroatoms. The number of anilines is 1. The minimum atomic E-state index is -5.08. The van der Waals surface area contributed by atoms with Gasteiger partial charge in [0, 0.05) is 43.9 Å². The van der Waals surface area contributed by atoms with E-state index < -0.39 is 12.1 Å². The quantitative estimate of drug-likeness (QED) is 0.823. The van der Waals surface area contributed by atoms with Gasteiger partial charge in [0.15, 0.2) is 0 Å². The molecule has 1 N–H and O–H groups in total. The van der Waals surface area contributed by atoms with Gasteiger partial charge in [0.1, 0.15) is 12.1 Å². The van der Waals surface area contributed by atoms with Crippen molar-refractivity contribution < 1.29 is 27.8 Å². The van der Waals surface area contributed by atoms with Crippen LogP contribution in [-0.4, -0.2) is 56.8 Å². The topological polar surface area (TPSA) is 93.4 Å². The standard InChI is InChI=1S/C15H21N5O.C2HF3O2/c1-3-20-15-12(7-18-20)8-19(9-13(15)10-21-4-2)14-5-6-16-11-17-14;3-2(4,5)1(6)7/h5-7,11,13H,3-4,8-10H2,1-2H3;(H,6,7). The Morgan fingerprint density at radius 3 is 2.64 bits per heavy atom. The van der Waals surface area contributed by atoms with Gasteiger partial charge in [-0.15, -0.1) is 0 Å². The van der Waals surface area contributed by atoms with Crippen molar-refractivity contribution in [2.24, 2.45) is 0 Å². The summed E-state index contributed by atoms with van der Waals surface area (Å²) in [5.74, 6) is -1.47. The largest absolute Gasteiger partial charge is 0.490 e. The Morgan fingerprint density at radius 1 is 1.39 bits per heavy atom. The molecule has 8 nitrogen and oxygen atoms in total. The van der Waals surface area contributed by atoms with Crippen LogP contribution in [0.15, 0.2) is 24.8 Å². The number of fused-ring (bicyclic) bond motifs is 1. The Hall–Kier alpha value is -2.69. The van der Waals surface area contributed by atoms with Crippen molar-refractivity contribution in [3.63, 3.8) is 0 Å². The van der Waals surface area contributed by atoms with Crippen LogP contribution in [0, 0.1) is 0 Å². The molecular weight excluding hydrogens is 379 g/mol. The number of hydrogen-bond acceptors (Lipinski definition) is 6. The second-order valence-electron chi connectivity index (χ2n) is 5.98. The average Bonchev–Trinajstić information content (AvgIpc) is 3.09. The van der Waals surface area contributed by atoms with E-state index in [2.05, 4.69) is 31.6 Å². The van der Waals surface area contributed by atoms with E-state index in [4.69, 9.17) is 14.6 Å². The molecule has 0 spiro atoms. The molecule has 0 radical (unpaired) electrons. The van der Waals surface area contributed by atoms with Crippen molar-refractivity contribution in [3.05, 3.63) is 36.0 Å². The van der Waals surface area contributed by atoms with Crippen molar-refractivity contribution in [1.29, 1.82) is 0 Å². The van der Waals surface area contributed by atoms with Crippen LogP contribution in [-0.2, 0) is 22.6 Å². The Bertz CT molecular complexity index is 767. The lowest BCUT2D eigenvalue weighted by Crippen LogP contribution is -2.36. The fraction of sp³-hybridized carbons (Fsp3) is 0.529. The molecule has 1 aliphatic rings. The average molecular weight is 401 g/mol. The molecular formula is C17H22F3N5O3. The van der Waals surface area contributed by atoms with Gasteiger partial charge in [0.2, 0.25) is 0 Å². The van der Waals surface area contributed by atoms with E-state index in [1.54, 1.807) is 12.5 Å². The molecule has 0 fully saturated rings. The van der Waals surface area contributed by atoms with E-state index in [-0.39, 0.29) is 0 Å². The number of ether oxygens (including phenoxy) is 1. The third kappa shape index (κ3) is 5.41. The van der Waals surface area contributed by atoms with E-state index in [0.29, 0.717) is 5.92 Å². The summed E-state index contributed by atoms with van der Waals surface area (Å²) in [6.45, 7) is 8.25. The van der Waals surface area contributed by atoms with Gasteiger partial charge in [-0.1, -0.05) is 0 Å². The van der Waals surface area contributed by atoms with Gasteiger partial charge in [-0.25, -0.2) is 14.8 Å². The lowest BCUT2D eigenvalue weighted by Gasteiger charge is -2.34. The molecule has 154 valence electrons. The molecule has 0 amide bonds. The van der Waals surface area contributed by atoms with Crippen molar-refractivity contribution in [2.75, 3.05) is 24.7 Å². The third-order valence-corrected chi connectivity index (χ3v) is 4.10. The number of halogens is 3. The minimum absolute atomic E-state index is 0.325. The number of carboxylic acid groups (broad SMARTS) is 1.